The van der Waals surface area contributed by atoms with Crippen molar-refractivity contribution in [1.29, 1.82) is 0 Å². The van der Waals surface area contributed by atoms with Gasteiger partial charge in [0.05, 0.1) is 0 Å². The highest BCUT2D eigenvalue weighted by Crippen LogP contribution is 2.39. The second-order valence-electron chi connectivity index (χ2n) is 5.68. The maximum absolute atomic E-state index is 6.04. The first-order valence-corrected chi connectivity index (χ1v) is 8.34. The van der Waals surface area contributed by atoms with Crippen molar-refractivity contribution in [1.82, 2.24) is 15.3 Å². The molecule has 0 radical (unpaired) electrons. The third-order valence-electron chi connectivity index (χ3n) is 3.33. The van der Waals surface area contributed by atoms with Crippen molar-refractivity contribution in [3.05, 3.63) is 42.0 Å². The molecule has 0 saturated heterocycles. The number of H-pyrrole nitrogens is 1. The molecule has 1 aliphatic rings. The van der Waals surface area contributed by atoms with Crippen LogP contribution in [0.15, 0.2) is 35.4 Å². The molecular weight excluding hydrogens is 282 g/mol. The number of nitrogens with one attached hydrogen (secondary N) is 2. The third kappa shape index (κ3) is 3.60. The number of nitrogens with zero attached hydrogens (tertiary/aromatic N) is 1. The molecule has 21 heavy (non-hydrogen) atoms. The fraction of sp³-hybridized carbons (Fsp3) is 0.438. The van der Waals surface area contributed by atoms with Crippen molar-refractivity contribution in [3.63, 3.8) is 0 Å². The largest absolute Gasteiger partial charge is 0.480 e. The van der Waals surface area contributed by atoms with Gasteiger partial charge in [-0.1, -0.05) is 26.0 Å². The van der Waals surface area contributed by atoms with Gasteiger partial charge in [-0.2, -0.15) is 0 Å². The van der Waals surface area contributed by atoms with E-state index >= 15 is 0 Å². The second kappa shape index (κ2) is 6.54. The Morgan fingerprint density at radius 1 is 1.43 bits per heavy atom. The van der Waals surface area contributed by atoms with E-state index < -0.39 is 0 Å². The molecule has 3 rings (SSSR count). The first kappa shape index (κ1) is 14.5. The summed E-state index contributed by atoms with van der Waals surface area (Å²) >= 11 is 1.82. The van der Waals surface area contributed by atoms with Crippen LogP contribution in [0.1, 0.15) is 31.5 Å². The van der Waals surface area contributed by atoms with Gasteiger partial charge < -0.3 is 15.0 Å². The molecule has 0 amide bonds. The Kier molecular flexibility index (Phi) is 4.51. The summed E-state index contributed by atoms with van der Waals surface area (Å²) in [6, 6.07) is 8.16. The number of thioether (sulfide) groups is 1. The summed E-state index contributed by atoms with van der Waals surface area (Å²) in [5, 5.41) is 3.42. The van der Waals surface area contributed by atoms with Crippen molar-refractivity contribution in [2.45, 2.75) is 31.4 Å². The van der Waals surface area contributed by atoms with Crippen molar-refractivity contribution in [2.75, 3.05) is 12.3 Å². The number of ether oxygens (including phenoxy) is 1. The molecule has 0 bridgehead atoms. The van der Waals surface area contributed by atoms with Crippen molar-refractivity contribution >= 4 is 11.8 Å². The van der Waals surface area contributed by atoms with E-state index in [1.807, 2.05) is 36.2 Å². The maximum atomic E-state index is 6.04. The van der Waals surface area contributed by atoms with Gasteiger partial charge >= 0.3 is 0 Å². The summed E-state index contributed by atoms with van der Waals surface area (Å²) in [4.78, 5) is 9.06. The van der Waals surface area contributed by atoms with Gasteiger partial charge in [0.1, 0.15) is 11.6 Å². The molecular formula is C16H21N3OS. The quantitative estimate of drug-likeness (QED) is 0.889. The van der Waals surface area contributed by atoms with Crippen LogP contribution in [0.4, 0.5) is 0 Å². The topological polar surface area (TPSA) is 49.9 Å². The number of imidazole rings is 1. The van der Waals surface area contributed by atoms with Crippen LogP contribution in [-0.4, -0.2) is 22.3 Å². The molecule has 0 spiro atoms. The summed E-state index contributed by atoms with van der Waals surface area (Å²) < 4.78 is 6.04. The van der Waals surface area contributed by atoms with Crippen molar-refractivity contribution in [3.8, 4) is 5.75 Å². The maximum Gasteiger partial charge on any atom is 0.165 e. The van der Waals surface area contributed by atoms with E-state index in [0.717, 1.165) is 36.1 Å². The van der Waals surface area contributed by atoms with Crippen LogP contribution >= 0.6 is 11.8 Å². The van der Waals surface area contributed by atoms with Gasteiger partial charge in [0, 0.05) is 29.1 Å². The highest BCUT2D eigenvalue weighted by molar-refractivity contribution is 7.99. The lowest BCUT2D eigenvalue weighted by molar-refractivity contribution is 0.211. The number of hydrogen-bond acceptors (Lipinski definition) is 4. The molecule has 0 aliphatic carbocycles. The standard InChI is InChI=1S/C16H21N3OS/c1-11(2)7-17-8-12-9-18-16(19-12)14-10-21-15-6-4-3-5-13(15)20-14/h3-6,9,11,14,17H,7-8,10H2,1-2H3,(H,18,19). The molecule has 1 atom stereocenters. The van der Waals surface area contributed by atoms with E-state index in [0.29, 0.717) is 5.92 Å². The number of fused-ring (bicyclic) bond motifs is 1. The van der Waals surface area contributed by atoms with Crippen LogP contribution < -0.4 is 10.1 Å². The zero-order valence-corrected chi connectivity index (χ0v) is 13.2. The van der Waals surface area contributed by atoms with E-state index in [1.165, 1.54) is 4.90 Å². The van der Waals surface area contributed by atoms with Gasteiger partial charge in [0.25, 0.3) is 0 Å². The molecule has 1 unspecified atom stereocenters. The third-order valence-corrected chi connectivity index (χ3v) is 4.45. The lowest BCUT2D eigenvalue weighted by Crippen LogP contribution is -2.19. The molecule has 112 valence electrons. The number of benzene rings is 1. The molecule has 1 aliphatic heterocycles. The summed E-state index contributed by atoms with van der Waals surface area (Å²) in [7, 11) is 0. The number of rotatable bonds is 5. The molecule has 5 heteroatoms. The molecule has 2 N–H and O–H groups in total. The Morgan fingerprint density at radius 3 is 3.14 bits per heavy atom. The fourth-order valence-corrected chi connectivity index (χ4v) is 3.27. The minimum Gasteiger partial charge on any atom is -0.480 e. The first-order chi connectivity index (χ1) is 10.2. The minimum absolute atomic E-state index is 0.00347. The number of aromatic amines is 1. The Labute approximate surface area is 129 Å². The normalized spacial score (nSPS) is 17.6. The monoisotopic (exact) mass is 303 g/mol. The Balaban J connectivity index is 1.62. The van der Waals surface area contributed by atoms with Crippen LogP contribution in [0.3, 0.4) is 0 Å². The van der Waals surface area contributed by atoms with E-state index in [4.69, 9.17) is 4.74 Å². The van der Waals surface area contributed by atoms with Gasteiger partial charge in [0.2, 0.25) is 0 Å². The molecule has 0 fully saturated rings. The molecule has 4 nitrogen and oxygen atoms in total. The highest BCUT2D eigenvalue weighted by atomic mass is 32.2. The first-order valence-electron chi connectivity index (χ1n) is 7.35. The average molecular weight is 303 g/mol. The van der Waals surface area contributed by atoms with Crippen LogP contribution in [0.25, 0.3) is 0 Å². The zero-order valence-electron chi connectivity index (χ0n) is 12.4. The lowest BCUT2D eigenvalue weighted by atomic mass is 10.2. The van der Waals surface area contributed by atoms with E-state index in [1.54, 1.807) is 0 Å². The van der Waals surface area contributed by atoms with Crippen LogP contribution in [0, 0.1) is 5.92 Å². The van der Waals surface area contributed by atoms with Gasteiger partial charge in [0.15, 0.2) is 6.10 Å². The Morgan fingerprint density at radius 2 is 2.29 bits per heavy atom. The summed E-state index contributed by atoms with van der Waals surface area (Å²) in [5.74, 6) is 3.42. The summed E-state index contributed by atoms with van der Waals surface area (Å²) in [6.07, 6.45) is 1.90. The smallest absolute Gasteiger partial charge is 0.165 e. The SMILES string of the molecule is CC(C)CNCc1cnc(C2CSc3ccccc3O2)[nH]1. The van der Waals surface area contributed by atoms with Gasteiger partial charge in [-0.25, -0.2) is 4.98 Å². The van der Waals surface area contributed by atoms with E-state index in [2.05, 4.69) is 35.2 Å². The molecule has 1 aromatic heterocycles. The lowest BCUT2D eigenvalue weighted by Gasteiger charge is -2.23. The summed E-state index contributed by atoms with van der Waals surface area (Å²) in [5.41, 5.74) is 1.11. The summed E-state index contributed by atoms with van der Waals surface area (Å²) in [6.45, 7) is 6.24. The Hall–Kier alpha value is -1.46. The van der Waals surface area contributed by atoms with Crippen LogP contribution in [0.2, 0.25) is 0 Å². The predicted octanol–water partition coefficient (Wildman–Crippen LogP) is 3.38. The number of hydrogen-bond donors (Lipinski definition) is 2. The van der Waals surface area contributed by atoms with Gasteiger partial charge in [-0.15, -0.1) is 11.8 Å². The van der Waals surface area contributed by atoms with E-state index in [9.17, 15) is 0 Å². The number of para-hydroxylation sites is 1. The molecule has 0 saturated carbocycles. The van der Waals surface area contributed by atoms with Crippen molar-refractivity contribution in [2.24, 2.45) is 5.92 Å². The van der Waals surface area contributed by atoms with Gasteiger partial charge in [-0.3, -0.25) is 0 Å². The minimum atomic E-state index is 0.00347. The van der Waals surface area contributed by atoms with Crippen LogP contribution in [-0.2, 0) is 6.54 Å². The number of aromatic nitrogens is 2. The van der Waals surface area contributed by atoms with Crippen LogP contribution in [0.5, 0.6) is 5.75 Å². The average Bonchev–Trinajstić information content (AvgIpc) is 2.95. The predicted molar refractivity (Wildman–Crippen MR) is 85.7 cm³/mol. The van der Waals surface area contributed by atoms with E-state index in [-0.39, 0.29) is 6.10 Å². The molecule has 1 aromatic carbocycles. The second-order valence-corrected chi connectivity index (χ2v) is 6.74. The highest BCUT2D eigenvalue weighted by Gasteiger charge is 2.23. The van der Waals surface area contributed by atoms with Crippen molar-refractivity contribution < 1.29 is 4.74 Å². The molecule has 2 aromatic rings. The molecule has 2 heterocycles. The van der Waals surface area contributed by atoms with Gasteiger partial charge in [-0.05, 0) is 24.6 Å². The zero-order chi connectivity index (χ0) is 14.7. The Bertz CT molecular complexity index is 597. The fourth-order valence-electron chi connectivity index (χ4n) is 2.28.